The van der Waals surface area contributed by atoms with Crippen LogP contribution in [-0.4, -0.2) is 37.6 Å². The summed E-state index contributed by atoms with van der Waals surface area (Å²) in [4.78, 5) is 29.3. The average molecular weight is 327 g/mol. The summed E-state index contributed by atoms with van der Waals surface area (Å²) in [7, 11) is 0. The molecule has 2 aromatic heterocycles. The minimum absolute atomic E-state index is 0.0246. The van der Waals surface area contributed by atoms with Crippen LogP contribution in [0.3, 0.4) is 0 Å². The average Bonchev–Trinajstić information content (AvgIpc) is 3.10. The molecule has 23 heavy (non-hydrogen) atoms. The van der Waals surface area contributed by atoms with Gasteiger partial charge in [0.25, 0.3) is 0 Å². The van der Waals surface area contributed by atoms with Crippen molar-refractivity contribution in [3.05, 3.63) is 36.2 Å². The summed E-state index contributed by atoms with van der Waals surface area (Å²) in [5.74, 6) is 0.806. The zero-order valence-electron chi connectivity index (χ0n) is 12.3. The lowest BCUT2D eigenvalue weighted by Crippen LogP contribution is -2.28. The number of aromatic nitrogens is 3. The molecular formula is C15H13N5O2S. The Balaban J connectivity index is 2.00. The second-order valence-corrected chi connectivity index (χ2v) is 6.51. The number of thioether (sulfide) groups is 1. The van der Waals surface area contributed by atoms with Crippen molar-refractivity contribution in [3.8, 4) is 11.9 Å². The second kappa shape index (κ2) is 6.22. The van der Waals surface area contributed by atoms with Crippen LogP contribution >= 0.6 is 11.8 Å². The number of rotatable bonds is 3. The van der Waals surface area contributed by atoms with Gasteiger partial charge in [-0.05, 0) is 12.1 Å². The van der Waals surface area contributed by atoms with Crippen LogP contribution in [0.25, 0.3) is 5.82 Å². The van der Waals surface area contributed by atoms with Crippen LogP contribution < -0.4 is 4.90 Å². The van der Waals surface area contributed by atoms with E-state index < -0.39 is 0 Å². The Morgan fingerprint density at radius 1 is 1.48 bits per heavy atom. The summed E-state index contributed by atoms with van der Waals surface area (Å²) in [6, 6.07) is 7.39. The van der Waals surface area contributed by atoms with Crippen molar-refractivity contribution in [1.29, 1.82) is 5.26 Å². The fourth-order valence-corrected chi connectivity index (χ4v) is 3.44. The first-order valence-electron chi connectivity index (χ1n) is 6.97. The minimum Gasteiger partial charge on any atom is -0.294 e. The number of nitriles is 1. The summed E-state index contributed by atoms with van der Waals surface area (Å²) in [6.07, 6.45) is 3.30. The summed E-state index contributed by atoms with van der Waals surface area (Å²) in [5.41, 5.74) is 0.303. The van der Waals surface area contributed by atoms with Gasteiger partial charge >= 0.3 is 0 Å². The van der Waals surface area contributed by atoms with E-state index >= 15 is 0 Å². The Hall–Kier alpha value is -2.66. The van der Waals surface area contributed by atoms with Gasteiger partial charge in [-0.3, -0.25) is 14.5 Å². The summed E-state index contributed by atoms with van der Waals surface area (Å²) in [6.45, 7) is 1.85. The molecule has 0 N–H and O–H groups in total. The highest BCUT2D eigenvalue weighted by Crippen LogP contribution is 2.31. The summed E-state index contributed by atoms with van der Waals surface area (Å²) < 4.78 is 1.48. The van der Waals surface area contributed by atoms with E-state index in [4.69, 9.17) is 0 Å². The molecule has 2 aromatic rings. The third-order valence-electron chi connectivity index (χ3n) is 3.41. The number of amides is 1. The highest BCUT2D eigenvalue weighted by atomic mass is 32.2. The Morgan fingerprint density at radius 2 is 2.30 bits per heavy atom. The molecule has 1 aliphatic rings. The van der Waals surface area contributed by atoms with Gasteiger partial charge < -0.3 is 0 Å². The molecule has 0 aliphatic carbocycles. The topological polar surface area (TPSA) is 91.9 Å². The van der Waals surface area contributed by atoms with E-state index in [1.807, 2.05) is 0 Å². The third-order valence-corrected chi connectivity index (χ3v) is 4.39. The summed E-state index contributed by atoms with van der Waals surface area (Å²) in [5, 5.41) is 13.4. The van der Waals surface area contributed by atoms with Crippen molar-refractivity contribution < 1.29 is 9.59 Å². The lowest BCUT2D eigenvalue weighted by molar-refractivity contribution is -0.117. The number of nitrogens with zero attached hydrogens (tertiary/aromatic N) is 5. The van der Waals surface area contributed by atoms with Crippen molar-refractivity contribution in [2.24, 2.45) is 0 Å². The Morgan fingerprint density at radius 3 is 2.96 bits per heavy atom. The fourth-order valence-electron chi connectivity index (χ4n) is 2.52. The molecule has 1 saturated heterocycles. The molecule has 0 aromatic carbocycles. The van der Waals surface area contributed by atoms with Crippen molar-refractivity contribution >= 4 is 28.6 Å². The molecule has 1 unspecified atom stereocenters. The maximum Gasteiger partial charge on any atom is 0.229 e. The van der Waals surface area contributed by atoms with E-state index in [1.165, 1.54) is 22.7 Å². The van der Waals surface area contributed by atoms with E-state index in [9.17, 15) is 14.9 Å². The maximum absolute atomic E-state index is 12.3. The Labute approximate surface area is 136 Å². The first kappa shape index (κ1) is 15.2. The van der Waals surface area contributed by atoms with Crippen LogP contribution in [-0.2, 0) is 9.59 Å². The highest BCUT2D eigenvalue weighted by molar-refractivity contribution is 8.14. The first-order valence-corrected chi connectivity index (χ1v) is 7.85. The largest absolute Gasteiger partial charge is 0.294 e. The minimum atomic E-state index is -0.127. The first-order chi connectivity index (χ1) is 11.1. The molecule has 1 aliphatic heterocycles. The van der Waals surface area contributed by atoms with Crippen LogP contribution in [0.1, 0.15) is 18.9 Å². The van der Waals surface area contributed by atoms with Gasteiger partial charge in [0.2, 0.25) is 5.91 Å². The smallest absolute Gasteiger partial charge is 0.229 e. The monoisotopic (exact) mass is 327 g/mol. The zero-order chi connectivity index (χ0) is 16.4. The van der Waals surface area contributed by atoms with Crippen LogP contribution in [0.4, 0.5) is 5.82 Å². The lowest BCUT2D eigenvalue weighted by Gasteiger charge is -2.18. The van der Waals surface area contributed by atoms with Gasteiger partial charge in [-0.15, -0.1) is 0 Å². The summed E-state index contributed by atoms with van der Waals surface area (Å²) >= 11 is 1.15. The molecule has 116 valence electrons. The van der Waals surface area contributed by atoms with Gasteiger partial charge in [0.15, 0.2) is 16.8 Å². The molecule has 1 fully saturated rings. The van der Waals surface area contributed by atoms with Crippen LogP contribution in [0.15, 0.2) is 30.6 Å². The second-order valence-electron chi connectivity index (χ2n) is 5.03. The van der Waals surface area contributed by atoms with E-state index in [-0.39, 0.29) is 22.7 Å². The van der Waals surface area contributed by atoms with E-state index in [2.05, 4.69) is 16.2 Å². The number of carbonyl (C=O) groups excluding carboxylic acids is 2. The number of hydrogen-bond acceptors (Lipinski definition) is 6. The van der Waals surface area contributed by atoms with Gasteiger partial charge in [0.1, 0.15) is 11.6 Å². The van der Waals surface area contributed by atoms with E-state index in [1.54, 1.807) is 24.4 Å². The third kappa shape index (κ3) is 2.96. The molecule has 1 amide bonds. The normalized spacial score (nSPS) is 17.3. The molecule has 0 saturated carbocycles. The van der Waals surface area contributed by atoms with Gasteiger partial charge in [0, 0.05) is 31.3 Å². The van der Waals surface area contributed by atoms with Crippen LogP contribution in [0, 0.1) is 11.3 Å². The Bertz CT molecular complexity index is 796. The molecule has 0 bridgehead atoms. The van der Waals surface area contributed by atoms with Crippen LogP contribution in [0.5, 0.6) is 0 Å². The molecular weight excluding hydrogens is 314 g/mol. The molecule has 1 atom stereocenters. The van der Waals surface area contributed by atoms with E-state index in [0.29, 0.717) is 23.7 Å². The number of carbonyl (C=O) groups is 2. The van der Waals surface area contributed by atoms with Gasteiger partial charge in [0.05, 0.1) is 6.20 Å². The number of pyridine rings is 1. The standard InChI is InChI=1S/C15H13N5O2S/c1-10(21)23-12-6-14(22)19(9-12)15-11(7-16)8-18-20(15)13-4-2-3-5-17-13/h2-5,8,12H,6,9H2,1H3. The van der Waals surface area contributed by atoms with Crippen molar-refractivity contribution in [2.45, 2.75) is 18.6 Å². The van der Waals surface area contributed by atoms with Crippen molar-refractivity contribution in [2.75, 3.05) is 11.4 Å². The quantitative estimate of drug-likeness (QED) is 0.849. The van der Waals surface area contributed by atoms with Crippen molar-refractivity contribution in [1.82, 2.24) is 14.8 Å². The highest BCUT2D eigenvalue weighted by Gasteiger charge is 2.35. The predicted octanol–water partition coefficient (Wildman–Crippen LogP) is 1.52. The lowest BCUT2D eigenvalue weighted by atomic mass is 10.3. The molecule has 0 spiro atoms. The molecule has 7 nitrogen and oxygen atoms in total. The fraction of sp³-hybridized carbons (Fsp3) is 0.267. The molecule has 0 radical (unpaired) electrons. The molecule has 3 heterocycles. The predicted molar refractivity (Wildman–Crippen MR) is 85.1 cm³/mol. The van der Waals surface area contributed by atoms with Crippen molar-refractivity contribution in [3.63, 3.8) is 0 Å². The van der Waals surface area contributed by atoms with Gasteiger partial charge in [-0.2, -0.15) is 15.0 Å². The van der Waals surface area contributed by atoms with Gasteiger partial charge in [-0.1, -0.05) is 17.8 Å². The molecule has 3 rings (SSSR count). The maximum atomic E-state index is 12.3. The molecule has 8 heteroatoms. The van der Waals surface area contributed by atoms with E-state index in [0.717, 1.165) is 11.8 Å². The number of hydrogen-bond donors (Lipinski definition) is 0. The number of anilines is 1. The zero-order valence-corrected chi connectivity index (χ0v) is 13.2. The SMILES string of the molecule is CC(=O)SC1CC(=O)N(c2c(C#N)cnn2-c2ccccn2)C1. The Kier molecular flexibility index (Phi) is 4.12. The van der Waals surface area contributed by atoms with Gasteiger partial charge in [-0.25, -0.2) is 4.98 Å². The van der Waals surface area contributed by atoms with Crippen LogP contribution in [0.2, 0.25) is 0 Å².